The van der Waals surface area contributed by atoms with Crippen molar-refractivity contribution < 1.29 is 21.5 Å². The smallest absolute Gasteiger partial charge is 0.173 e. The third-order valence-corrected chi connectivity index (χ3v) is 4.73. The van der Waals surface area contributed by atoms with Crippen LogP contribution in [-0.4, -0.2) is 4.98 Å². The summed E-state index contributed by atoms with van der Waals surface area (Å²) in [6.07, 6.45) is 4.24. The monoisotopic (exact) mass is 382 g/mol. The van der Waals surface area contributed by atoms with E-state index in [1.165, 1.54) is 15.8 Å². The van der Waals surface area contributed by atoms with E-state index in [1.54, 1.807) is 11.3 Å². The minimum absolute atomic E-state index is 0. The average molecular weight is 383 g/mol. The van der Waals surface area contributed by atoms with Crippen molar-refractivity contribution in [2.24, 2.45) is 0 Å². The van der Waals surface area contributed by atoms with Crippen LogP contribution in [0, 0.1) is 0 Å². The van der Waals surface area contributed by atoms with Crippen LogP contribution in [0.1, 0.15) is 5.56 Å². The Balaban J connectivity index is 0.00000156. The second-order valence-corrected chi connectivity index (χ2v) is 6.26. The minimum atomic E-state index is 0. The highest BCUT2D eigenvalue weighted by Gasteiger charge is 2.08. The Morgan fingerprint density at radius 3 is 2.26 bits per heavy atom. The number of nitrogens with zero attached hydrogens (tertiary/aromatic N) is 2. The Hall–Kier alpha value is -2.04. The summed E-state index contributed by atoms with van der Waals surface area (Å²) >= 11 is 1.74. The first-order valence-corrected chi connectivity index (χ1v) is 8.09. The predicted octanol–water partition coefficient (Wildman–Crippen LogP) is 1.30. The second-order valence-electron chi connectivity index (χ2n) is 5.23. The SMILES string of the molecule is [Br-].c1ccc(C[n+]2ccc(-c3nc4ccccc4s3)cc2)cc1. The molecular formula is C19H15BrN2S. The van der Waals surface area contributed by atoms with E-state index in [0.29, 0.717) is 0 Å². The molecule has 4 rings (SSSR count). The first-order chi connectivity index (χ1) is 10.9. The first-order valence-electron chi connectivity index (χ1n) is 7.27. The molecule has 2 aromatic carbocycles. The van der Waals surface area contributed by atoms with E-state index in [1.807, 2.05) is 12.1 Å². The summed E-state index contributed by atoms with van der Waals surface area (Å²) in [7, 11) is 0. The topological polar surface area (TPSA) is 16.8 Å². The minimum Gasteiger partial charge on any atom is -1.00 e. The number of thiazole rings is 1. The number of hydrogen-bond acceptors (Lipinski definition) is 2. The zero-order valence-electron chi connectivity index (χ0n) is 12.4. The van der Waals surface area contributed by atoms with Crippen LogP contribution in [0.4, 0.5) is 0 Å². The highest BCUT2D eigenvalue weighted by atomic mass is 79.9. The molecule has 0 amide bonds. The Labute approximate surface area is 149 Å². The van der Waals surface area contributed by atoms with Gasteiger partial charge in [-0.2, -0.15) is 0 Å². The quantitative estimate of drug-likeness (QED) is 0.488. The third-order valence-electron chi connectivity index (χ3n) is 3.64. The Bertz CT molecular complexity index is 868. The lowest BCUT2D eigenvalue weighted by Crippen LogP contribution is -3.00. The van der Waals surface area contributed by atoms with Gasteiger partial charge in [-0.25, -0.2) is 9.55 Å². The van der Waals surface area contributed by atoms with Crippen LogP contribution in [0.2, 0.25) is 0 Å². The van der Waals surface area contributed by atoms with Gasteiger partial charge < -0.3 is 17.0 Å². The van der Waals surface area contributed by atoms with Gasteiger partial charge in [0.1, 0.15) is 5.01 Å². The van der Waals surface area contributed by atoms with Crippen molar-refractivity contribution in [1.82, 2.24) is 4.98 Å². The fraction of sp³-hybridized carbons (Fsp3) is 0.0526. The molecule has 0 spiro atoms. The molecule has 2 heterocycles. The van der Waals surface area contributed by atoms with Crippen molar-refractivity contribution in [2.45, 2.75) is 6.54 Å². The van der Waals surface area contributed by atoms with Crippen molar-refractivity contribution in [1.29, 1.82) is 0 Å². The third kappa shape index (κ3) is 3.49. The number of benzene rings is 2. The van der Waals surface area contributed by atoms with Gasteiger partial charge in [0, 0.05) is 23.3 Å². The van der Waals surface area contributed by atoms with Crippen LogP contribution in [0.25, 0.3) is 20.8 Å². The number of aromatic nitrogens is 2. The van der Waals surface area contributed by atoms with Gasteiger partial charge in [-0.1, -0.05) is 42.5 Å². The fourth-order valence-corrected chi connectivity index (χ4v) is 3.47. The van der Waals surface area contributed by atoms with Crippen LogP contribution < -0.4 is 21.5 Å². The molecule has 23 heavy (non-hydrogen) atoms. The van der Waals surface area contributed by atoms with Gasteiger partial charge in [-0.15, -0.1) is 11.3 Å². The van der Waals surface area contributed by atoms with E-state index < -0.39 is 0 Å². The standard InChI is InChI=1S/C19H15N2S.BrH/c1-2-6-15(7-3-1)14-21-12-10-16(11-13-21)19-20-17-8-4-5-9-18(17)22-19;/h1-13H,14H2;1H/q+1;/p-1. The van der Waals surface area contributed by atoms with E-state index in [-0.39, 0.29) is 17.0 Å². The molecule has 0 aliphatic rings. The molecule has 4 aromatic rings. The highest BCUT2D eigenvalue weighted by Crippen LogP contribution is 2.29. The molecule has 114 valence electrons. The van der Waals surface area contributed by atoms with Gasteiger partial charge in [0.05, 0.1) is 10.2 Å². The summed E-state index contributed by atoms with van der Waals surface area (Å²) in [5.41, 5.74) is 3.55. The Morgan fingerprint density at radius 2 is 1.52 bits per heavy atom. The summed E-state index contributed by atoms with van der Waals surface area (Å²) in [6, 6.07) is 23.0. The molecule has 0 aliphatic heterocycles. The Kier molecular flexibility index (Phi) is 4.84. The number of hydrogen-bond donors (Lipinski definition) is 0. The molecule has 0 atom stereocenters. The molecule has 0 saturated heterocycles. The van der Waals surface area contributed by atoms with E-state index in [4.69, 9.17) is 4.98 Å². The van der Waals surface area contributed by atoms with Crippen molar-refractivity contribution >= 4 is 21.6 Å². The van der Waals surface area contributed by atoms with Crippen LogP contribution in [0.5, 0.6) is 0 Å². The van der Waals surface area contributed by atoms with Gasteiger partial charge >= 0.3 is 0 Å². The van der Waals surface area contributed by atoms with E-state index >= 15 is 0 Å². The van der Waals surface area contributed by atoms with Crippen molar-refractivity contribution in [3.63, 3.8) is 0 Å². The van der Waals surface area contributed by atoms with Gasteiger partial charge in [-0.05, 0) is 12.1 Å². The van der Waals surface area contributed by atoms with Gasteiger partial charge in [-0.3, -0.25) is 0 Å². The molecule has 2 aromatic heterocycles. The molecule has 4 heteroatoms. The molecule has 0 saturated carbocycles. The molecule has 2 nitrogen and oxygen atoms in total. The molecule has 0 aliphatic carbocycles. The maximum atomic E-state index is 4.71. The average Bonchev–Trinajstić information content (AvgIpc) is 3.00. The number of rotatable bonds is 3. The highest BCUT2D eigenvalue weighted by molar-refractivity contribution is 7.21. The lowest BCUT2D eigenvalue weighted by atomic mass is 10.2. The first kappa shape index (κ1) is 15.8. The molecule has 0 radical (unpaired) electrons. The Morgan fingerprint density at radius 1 is 0.826 bits per heavy atom. The normalized spacial score (nSPS) is 10.4. The van der Waals surface area contributed by atoms with Crippen molar-refractivity contribution in [2.75, 3.05) is 0 Å². The molecule has 0 N–H and O–H groups in total. The molecule has 0 bridgehead atoms. The van der Waals surface area contributed by atoms with Gasteiger partial charge in [0.15, 0.2) is 18.9 Å². The van der Waals surface area contributed by atoms with Gasteiger partial charge in [0.2, 0.25) is 0 Å². The predicted molar refractivity (Wildman–Crippen MR) is 90.8 cm³/mol. The maximum absolute atomic E-state index is 4.71. The molecule has 0 fully saturated rings. The summed E-state index contributed by atoms with van der Waals surface area (Å²) < 4.78 is 3.42. The summed E-state index contributed by atoms with van der Waals surface area (Å²) in [5, 5.41) is 1.08. The summed E-state index contributed by atoms with van der Waals surface area (Å²) in [6.45, 7) is 0.890. The van der Waals surface area contributed by atoms with Crippen LogP contribution in [0.15, 0.2) is 79.1 Å². The lowest BCUT2D eigenvalue weighted by molar-refractivity contribution is -0.688. The van der Waals surface area contributed by atoms with E-state index in [0.717, 1.165) is 17.1 Å². The molecular weight excluding hydrogens is 368 g/mol. The van der Waals surface area contributed by atoms with Crippen LogP contribution in [-0.2, 0) is 6.54 Å². The number of halogens is 1. The number of pyridine rings is 1. The maximum Gasteiger partial charge on any atom is 0.173 e. The largest absolute Gasteiger partial charge is 1.00 e. The van der Waals surface area contributed by atoms with E-state index in [2.05, 4.69) is 71.6 Å². The summed E-state index contributed by atoms with van der Waals surface area (Å²) in [5.74, 6) is 0. The van der Waals surface area contributed by atoms with E-state index in [9.17, 15) is 0 Å². The van der Waals surface area contributed by atoms with Crippen LogP contribution >= 0.6 is 11.3 Å². The lowest BCUT2D eigenvalue weighted by Gasteiger charge is -1.98. The summed E-state index contributed by atoms with van der Waals surface area (Å²) in [4.78, 5) is 4.71. The zero-order valence-corrected chi connectivity index (χ0v) is 14.8. The molecule has 0 unspecified atom stereocenters. The van der Waals surface area contributed by atoms with Crippen molar-refractivity contribution in [3.8, 4) is 10.6 Å². The number of para-hydroxylation sites is 1. The number of fused-ring (bicyclic) bond motifs is 1. The fourth-order valence-electron chi connectivity index (χ4n) is 2.50. The van der Waals surface area contributed by atoms with Crippen molar-refractivity contribution in [3.05, 3.63) is 84.7 Å². The van der Waals surface area contributed by atoms with Crippen LogP contribution in [0.3, 0.4) is 0 Å². The zero-order chi connectivity index (χ0) is 14.8. The second kappa shape index (κ2) is 7.02. The van der Waals surface area contributed by atoms with Gasteiger partial charge in [0.25, 0.3) is 0 Å².